The highest BCUT2D eigenvalue weighted by Gasteiger charge is 2.34. The number of aliphatic imine (C=N–C) groups is 1. The van der Waals surface area contributed by atoms with Crippen LogP contribution in [0.1, 0.15) is 37.3 Å². The lowest BCUT2D eigenvalue weighted by Crippen LogP contribution is -2.40. The van der Waals surface area contributed by atoms with Crippen LogP contribution in [0.2, 0.25) is 0 Å². The maximum absolute atomic E-state index is 12.1. The predicted octanol–water partition coefficient (Wildman–Crippen LogP) is 3.92. The van der Waals surface area contributed by atoms with E-state index in [4.69, 9.17) is 0 Å². The Hall–Kier alpha value is -1.07. The van der Waals surface area contributed by atoms with Crippen molar-refractivity contribution in [1.82, 2.24) is 15.5 Å². The Morgan fingerprint density at radius 2 is 1.83 bits per heavy atom. The van der Waals surface area contributed by atoms with E-state index < -0.39 is 12.8 Å². The van der Waals surface area contributed by atoms with Crippen LogP contribution in [0.4, 0.5) is 13.2 Å². The molecule has 0 bridgehead atoms. The molecule has 170 valence electrons. The van der Waals surface area contributed by atoms with E-state index in [-0.39, 0.29) is 30.6 Å². The van der Waals surface area contributed by atoms with Crippen molar-refractivity contribution in [2.45, 2.75) is 51.6 Å². The van der Waals surface area contributed by atoms with Crippen LogP contribution in [0, 0.1) is 5.92 Å². The van der Waals surface area contributed by atoms with Gasteiger partial charge in [0.1, 0.15) is 6.61 Å². The number of ether oxygens (including phenoxy) is 1. The summed E-state index contributed by atoms with van der Waals surface area (Å²) in [5.74, 6) is 1.46. The number of hydrogen-bond acceptors (Lipinski definition) is 3. The molecule has 2 fully saturated rings. The lowest BCUT2D eigenvalue weighted by Gasteiger charge is -2.17. The van der Waals surface area contributed by atoms with E-state index in [0.717, 1.165) is 30.7 Å². The highest BCUT2D eigenvalue weighted by Crippen LogP contribution is 2.31. The third-order valence-corrected chi connectivity index (χ3v) is 5.26. The molecule has 3 rings (SSSR count). The second-order valence-corrected chi connectivity index (χ2v) is 7.88. The quantitative estimate of drug-likeness (QED) is 0.283. The molecular formula is C21H32F3IN4O. The number of alkyl halides is 3. The molecule has 1 unspecified atom stereocenters. The SMILES string of the molecule is CCNC(=NCc1ccc(COCC(F)(F)F)cc1)NCC1CCN(C2CC2)C1.I. The molecule has 1 heterocycles. The summed E-state index contributed by atoms with van der Waals surface area (Å²) in [5, 5.41) is 6.73. The van der Waals surface area contributed by atoms with Crippen molar-refractivity contribution in [2.24, 2.45) is 10.9 Å². The standard InChI is InChI=1S/C21H31F3N4O.HI/c1-2-25-20(27-12-18-9-10-28(13-18)19-7-8-19)26-11-16-3-5-17(6-4-16)14-29-15-21(22,23)24;/h3-6,18-19H,2,7-15H2,1H3,(H2,25,26,27);1H. The zero-order valence-electron chi connectivity index (χ0n) is 17.4. The van der Waals surface area contributed by atoms with Crippen LogP contribution in [0.5, 0.6) is 0 Å². The number of hydrogen-bond donors (Lipinski definition) is 2. The number of rotatable bonds is 9. The molecule has 0 aromatic heterocycles. The average molecular weight is 540 g/mol. The average Bonchev–Trinajstić information content (AvgIpc) is 3.42. The summed E-state index contributed by atoms with van der Waals surface area (Å²) in [4.78, 5) is 7.24. The summed E-state index contributed by atoms with van der Waals surface area (Å²) in [5.41, 5.74) is 1.72. The molecule has 2 aliphatic rings. The number of guanidine groups is 1. The third-order valence-electron chi connectivity index (χ3n) is 5.26. The van der Waals surface area contributed by atoms with Gasteiger partial charge in [0.25, 0.3) is 0 Å². The highest BCUT2D eigenvalue weighted by molar-refractivity contribution is 14.0. The first kappa shape index (κ1) is 25.2. The fourth-order valence-electron chi connectivity index (χ4n) is 3.58. The first-order valence-corrected chi connectivity index (χ1v) is 10.4. The van der Waals surface area contributed by atoms with Gasteiger partial charge in [-0.25, -0.2) is 4.99 Å². The predicted molar refractivity (Wildman–Crippen MR) is 123 cm³/mol. The second-order valence-electron chi connectivity index (χ2n) is 7.88. The maximum Gasteiger partial charge on any atom is 0.411 e. The van der Waals surface area contributed by atoms with Crippen molar-refractivity contribution in [3.63, 3.8) is 0 Å². The normalized spacial score (nSPS) is 20.1. The van der Waals surface area contributed by atoms with Crippen molar-refractivity contribution in [3.8, 4) is 0 Å². The molecule has 1 atom stereocenters. The van der Waals surface area contributed by atoms with Crippen molar-refractivity contribution < 1.29 is 17.9 Å². The van der Waals surface area contributed by atoms with Gasteiger partial charge in [0.15, 0.2) is 5.96 Å². The number of likely N-dealkylation sites (tertiary alicyclic amines) is 1. The molecule has 5 nitrogen and oxygen atoms in total. The zero-order chi connectivity index (χ0) is 20.7. The fraction of sp³-hybridized carbons (Fsp3) is 0.667. The second kappa shape index (κ2) is 12.1. The molecule has 1 aromatic rings. The molecule has 1 aliphatic heterocycles. The fourth-order valence-corrected chi connectivity index (χ4v) is 3.58. The van der Waals surface area contributed by atoms with E-state index in [1.54, 1.807) is 12.1 Å². The number of halogens is 4. The summed E-state index contributed by atoms with van der Waals surface area (Å²) in [6.07, 6.45) is -0.339. The Morgan fingerprint density at radius 3 is 2.47 bits per heavy atom. The van der Waals surface area contributed by atoms with Gasteiger partial charge in [-0.05, 0) is 49.8 Å². The zero-order valence-corrected chi connectivity index (χ0v) is 19.7. The van der Waals surface area contributed by atoms with Crippen molar-refractivity contribution in [3.05, 3.63) is 35.4 Å². The van der Waals surface area contributed by atoms with E-state index in [2.05, 4.69) is 25.3 Å². The van der Waals surface area contributed by atoms with Gasteiger partial charge in [-0.2, -0.15) is 13.2 Å². The molecular weight excluding hydrogens is 508 g/mol. The molecule has 0 spiro atoms. The van der Waals surface area contributed by atoms with Crippen LogP contribution < -0.4 is 10.6 Å². The van der Waals surface area contributed by atoms with Gasteiger partial charge < -0.3 is 20.3 Å². The molecule has 2 N–H and O–H groups in total. The number of benzene rings is 1. The lowest BCUT2D eigenvalue weighted by atomic mass is 10.1. The molecule has 1 saturated heterocycles. The number of nitrogens with zero attached hydrogens (tertiary/aromatic N) is 2. The molecule has 9 heteroatoms. The molecule has 1 saturated carbocycles. The molecule has 30 heavy (non-hydrogen) atoms. The largest absolute Gasteiger partial charge is 0.411 e. The van der Waals surface area contributed by atoms with Gasteiger partial charge in [0, 0.05) is 25.7 Å². The van der Waals surface area contributed by atoms with E-state index in [0.29, 0.717) is 18.0 Å². The van der Waals surface area contributed by atoms with Crippen LogP contribution in [0.3, 0.4) is 0 Å². The molecule has 1 aromatic carbocycles. The minimum Gasteiger partial charge on any atom is -0.367 e. The van der Waals surface area contributed by atoms with E-state index >= 15 is 0 Å². The first-order valence-electron chi connectivity index (χ1n) is 10.4. The van der Waals surface area contributed by atoms with Crippen LogP contribution in [-0.4, -0.2) is 55.9 Å². The van der Waals surface area contributed by atoms with Gasteiger partial charge in [0.05, 0.1) is 13.2 Å². The molecule has 0 amide bonds. The summed E-state index contributed by atoms with van der Waals surface area (Å²) in [6, 6.07) is 8.16. The lowest BCUT2D eigenvalue weighted by molar-refractivity contribution is -0.176. The maximum atomic E-state index is 12.1. The topological polar surface area (TPSA) is 48.9 Å². The van der Waals surface area contributed by atoms with Crippen LogP contribution >= 0.6 is 24.0 Å². The summed E-state index contributed by atoms with van der Waals surface area (Å²) in [6.45, 7) is 5.38. The Bertz CT molecular complexity index is 665. The van der Waals surface area contributed by atoms with Crippen LogP contribution in [0.15, 0.2) is 29.3 Å². The van der Waals surface area contributed by atoms with Gasteiger partial charge in [0.2, 0.25) is 0 Å². The first-order chi connectivity index (χ1) is 13.9. The Kier molecular flexibility index (Phi) is 10.2. The number of nitrogens with one attached hydrogen (secondary N) is 2. The summed E-state index contributed by atoms with van der Waals surface area (Å²) >= 11 is 0. The van der Waals surface area contributed by atoms with E-state index in [1.807, 2.05) is 19.1 Å². The smallest absolute Gasteiger partial charge is 0.367 e. The summed E-state index contributed by atoms with van der Waals surface area (Å²) < 4.78 is 41.1. The summed E-state index contributed by atoms with van der Waals surface area (Å²) in [7, 11) is 0. The molecule has 0 radical (unpaired) electrons. The monoisotopic (exact) mass is 540 g/mol. The Morgan fingerprint density at radius 1 is 1.13 bits per heavy atom. The van der Waals surface area contributed by atoms with Crippen molar-refractivity contribution >= 4 is 29.9 Å². The molecule has 1 aliphatic carbocycles. The van der Waals surface area contributed by atoms with Gasteiger partial charge in [-0.3, -0.25) is 0 Å². The minimum absolute atomic E-state index is 0. The Labute approximate surface area is 193 Å². The van der Waals surface area contributed by atoms with Crippen LogP contribution in [0.25, 0.3) is 0 Å². The van der Waals surface area contributed by atoms with Crippen molar-refractivity contribution in [1.29, 1.82) is 0 Å². The van der Waals surface area contributed by atoms with E-state index in [1.165, 1.54) is 32.4 Å². The third kappa shape index (κ3) is 8.97. The van der Waals surface area contributed by atoms with Crippen molar-refractivity contribution in [2.75, 3.05) is 32.8 Å². The van der Waals surface area contributed by atoms with E-state index in [9.17, 15) is 13.2 Å². The Balaban J connectivity index is 0.00000320. The van der Waals surface area contributed by atoms with Gasteiger partial charge >= 0.3 is 6.18 Å². The highest BCUT2D eigenvalue weighted by atomic mass is 127. The van der Waals surface area contributed by atoms with Gasteiger partial charge in [-0.15, -0.1) is 24.0 Å². The minimum atomic E-state index is -4.29. The van der Waals surface area contributed by atoms with Gasteiger partial charge in [-0.1, -0.05) is 24.3 Å². The van der Waals surface area contributed by atoms with Crippen LogP contribution in [-0.2, 0) is 17.9 Å².